The summed E-state index contributed by atoms with van der Waals surface area (Å²) in [5.74, 6) is 0. The molecule has 2 unspecified atom stereocenters. The second-order valence-electron chi connectivity index (χ2n) is 1.17. The molecule has 36 valence electrons. The van der Waals surface area contributed by atoms with Crippen LogP contribution in [-0.2, 0) is 0 Å². The van der Waals surface area contributed by atoms with E-state index in [9.17, 15) is 0 Å². The highest BCUT2D eigenvalue weighted by molar-refractivity contribution is 14.1. The van der Waals surface area contributed by atoms with Gasteiger partial charge in [-0.25, -0.2) is 3.11 Å². The van der Waals surface area contributed by atoms with E-state index in [1.54, 1.807) is 0 Å². The molecule has 1 aliphatic heterocycles. The van der Waals surface area contributed by atoms with Gasteiger partial charge in [-0.3, -0.25) is 0 Å². The van der Waals surface area contributed by atoms with Crippen LogP contribution in [0.25, 0.3) is 0 Å². The summed E-state index contributed by atoms with van der Waals surface area (Å²) in [4.78, 5) is 0. The quantitative estimate of drug-likeness (QED) is 0.275. The van der Waals surface area contributed by atoms with E-state index < -0.39 is 0 Å². The van der Waals surface area contributed by atoms with Crippen LogP contribution in [0.3, 0.4) is 0 Å². The van der Waals surface area contributed by atoms with Gasteiger partial charge in [0.25, 0.3) is 0 Å². The van der Waals surface area contributed by atoms with Gasteiger partial charge in [0.1, 0.15) is 0 Å². The summed E-state index contributed by atoms with van der Waals surface area (Å²) < 4.78 is 2.03. The van der Waals surface area contributed by atoms with Crippen LogP contribution in [0.5, 0.6) is 0 Å². The number of thiol groups is 2. The zero-order valence-electron chi connectivity index (χ0n) is 2.87. The van der Waals surface area contributed by atoms with E-state index in [4.69, 9.17) is 0 Å². The molecular weight excluding hydrogens is 229 g/mol. The lowest BCUT2D eigenvalue weighted by atomic mass is 11.0. The Morgan fingerprint density at radius 2 is 1.50 bits per heavy atom. The van der Waals surface area contributed by atoms with Crippen molar-refractivity contribution >= 4 is 48.1 Å². The highest BCUT2D eigenvalue weighted by Crippen LogP contribution is 2.37. The summed E-state index contributed by atoms with van der Waals surface area (Å²) in [6.45, 7) is 0. The molecule has 0 aromatic heterocycles. The Bertz CT molecular complexity index is 48.3. The summed E-state index contributed by atoms with van der Waals surface area (Å²) in [5.41, 5.74) is 0. The van der Waals surface area contributed by atoms with Crippen LogP contribution < -0.4 is 0 Å². The summed E-state index contributed by atoms with van der Waals surface area (Å²) in [6.07, 6.45) is 0. The Hall–Kier alpha value is 1.39. The topological polar surface area (TPSA) is 3.01 Å². The van der Waals surface area contributed by atoms with Crippen LogP contribution in [0.15, 0.2) is 0 Å². The van der Waals surface area contributed by atoms with E-state index in [-0.39, 0.29) is 0 Å². The molecule has 0 spiro atoms. The lowest BCUT2D eigenvalue weighted by Gasteiger charge is -1.72. The summed E-state index contributed by atoms with van der Waals surface area (Å²) in [6, 6.07) is 0. The first-order valence-electron chi connectivity index (χ1n) is 1.54. The first-order valence-corrected chi connectivity index (χ1v) is 3.53. The van der Waals surface area contributed by atoms with Crippen LogP contribution >= 0.6 is 48.1 Å². The Morgan fingerprint density at radius 3 is 1.50 bits per heavy atom. The second kappa shape index (κ2) is 1.72. The second-order valence-corrected chi connectivity index (χ2v) is 3.34. The van der Waals surface area contributed by atoms with Gasteiger partial charge >= 0.3 is 0 Å². The first-order chi connectivity index (χ1) is 2.73. The van der Waals surface area contributed by atoms with Crippen molar-refractivity contribution in [2.75, 3.05) is 0 Å². The van der Waals surface area contributed by atoms with Crippen molar-refractivity contribution in [3.05, 3.63) is 0 Å². The van der Waals surface area contributed by atoms with E-state index >= 15 is 0 Å². The van der Waals surface area contributed by atoms with Crippen molar-refractivity contribution in [3.63, 3.8) is 0 Å². The lowest BCUT2D eigenvalue weighted by molar-refractivity contribution is 0.990. The van der Waals surface area contributed by atoms with Gasteiger partial charge < -0.3 is 0 Å². The van der Waals surface area contributed by atoms with Gasteiger partial charge in [-0.15, -0.1) is 0 Å². The van der Waals surface area contributed by atoms with Crippen LogP contribution in [0.1, 0.15) is 0 Å². The van der Waals surface area contributed by atoms with Crippen LogP contribution in [0.2, 0.25) is 0 Å². The SMILES string of the molecule is SC1C(S)N1I. The van der Waals surface area contributed by atoms with E-state index in [0.29, 0.717) is 10.7 Å². The molecule has 0 aromatic rings. The predicted octanol–water partition coefficient (Wildman–Crippen LogP) is 1.16. The number of hydrogen-bond acceptors (Lipinski definition) is 3. The molecule has 0 amide bonds. The lowest BCUT2D eigenvalue weighted by Crippen LogP contribution is -1.68. The molecule has 0 aromatic carbocycles. The predicted molar refractivity (Wildman–Crippen MR) is 41.4 cm³/mol. The molecule has 0 bridgehead atoms. The molecule has 1 nitrogen and oxygen atoms in total. The molecular formula is C2H4INS2. The normalized spacial score (nSPS) is 55.5. The van der Waals surface area contributed by atoms with E-state index in [1.165, 1.54) is 0 Å². The van der Waals surface area contributed by atoms with Gasteiger partial charge in [0.05, 0.1) is 10.7 Å². The summed E-state index contributed by atoms with van der Waals surface area (Å²) in [5, 5.41) is 0.794. The summed E-state index contributed by atoms with van der Waals surface area (Å²) in [7, 11) is 0. The first kappa shape index (κ1) is 5.53. The van der Waals surface area contributed by atoms with Crippen molar-refractivity contribution in [1.82, 2.24) is 3.11 Å². The molecule has 1 heterocycles. The van der Waals surface area contributed by atoms with Gasteiger partial charge in [-0.05, 0) is 0 Å². The van der Waals surface area contributed by atoms with Crippen molar-refractivity contribution in [2.24, 2.45) is 0 Å². The average Bonchev–Trinajstić information content (AvgIpc) is 1.94. The molecule has 1 rings (SSSR count). The summed E-state index contributed by atoms with van der Waals surface area (Å²) >= 11 is 10.4. The fourth-order valence-electron chi connectivity index (χ4n) is 0.182. The molecule has 1 fully saturated rings. The maximum absolute atomic E-state index is 4.11. The Balaban J connectivity index is 2.31. The van der Waals surface area contributed by atoms with Gasteiger partial charge in [-0.2, -0.15) is 25.3 Å². The average molecular weight is 233 g/mol. The largest absolute Gasteiger partial charge is 0.217 e. The van der Waals surface area contributed by atoms with Crippen LogP contribution in [-0.4, -0.2) is 13.9 Å². The maximum Gasteiger partial charge on any atom is 0.0886 e. The number of halogens is 1. The molecule has 2 atom stereocenters. The van der Waals surface area contributed by atoms with Gasteiger partial charge in [0.15, 0.2) is 0 Å². The fraction of sp³-hybridized carbons (Fsp3) is 1.00. The van der Waals surface area contributed by atoms with Crippen LogP contribution in [0.4, 0.5) is 0 Å². The molecule has 1 aliphatic rings. The maximum atomic E-state index is 4.11. The van der Waals surface area contributed by atoms with Gasteiger partial charge in [-0.1, -0.05) is 0 Å². The number of rotatable bonds is 0. The van der Waals surface area contributed by atoms with E-state index in [0.717, 1.165) is 0 Å². The minimum Gasteiger partial charge on any atom is -0.217 e. The van der Waals surface area contributed by atoms with Gasteiger partial charge in [0.2, 0.25) is 0 Å². The number of nitrogens with zero attached hydrogens (tertiary/aromatic N) is 1. The van der Waals surface area contributed by atoms with Crippen molar-refractivity contribution < 1.29 is 0 Å². The van der Waals surface area contributed by atoms with Gasteiger partial charge in [0, 0.05) is 22.9 Å². The zero-order valence-corrected chi connectivity index (χ0v) is 6.82. The third-order valence-corrected chi connectivity index (χ3v) is 4.06. The third-order valence-electron chi connectivity index (χ3n) is 0.682. The Kier molecular flexibility index (Phi) is 1.58. The standard InChI is InChI=1S/C2H4INS2/c3-4-1(5)2(4)6/h1-2,5-6H. The smallest absolute Gasteiger partial charge is 0.0886 e. The molecule has 6 heavy (non-hydrogen) atoms. The fourth-order valence-corrected chi connectivity index (χ4v) is 1.68. The van der Waals surface area contributed by atoms with Crippen LogP contribution in [0, 0.1) is 0 Å². The Labute approximate surface area is 61.8 Å². The molecule has 0 aliphatic carbocycles. The third kappa shape index (κ3) is 0.801. The molecule has 0 N–H and O–H groups in total. The highest BCUT2D eigenvalue weighted by Gasteiger charge is 2.40. The number of hydrogen-bond donors (Lipinski definition) is 2. The Morgan fingerprint density at radius 1 is 1.33 bits per heavy atom. The monoisotopic (exact) mass is 233 g/mol. The van der Waals surface area contributed by atoms with Crippen molar-refractivity contribution in [3.8, 4) is 0 Å². The minimum atomic E-state index is 0.397. The van der Waals surface area contributed by atoms with E-state index in [1.807, 2.05) is 3.11 Å². The molecule has 1 saturated heterocycles. The molecule has 0 saturated carbocycles. The molecule has 0 radical (unpaired) electrons. The highest BCUT2D eigenvalue weighted by atomic mass is 127. The minimum absolute atomic E-state index is 0.397. The van der Waals surface area contributed by atoms with Crippen molar-refractivity contribution in [1.29, 1.82) is 0 Å². The zero-order chi connectivity index (χ0) is 4.73. The van der Waals surface area contributed by atoms with E-state index in [2.05, 4.69) is 48.1 Å². The van der Waals surface area contributed by atoms with Crippen molar-refractivity contribution in [2.45, 2.75) is 10.7 Å². The molecule has 4 heteroatoms.